The summed E-state index contributed by atoms with van der Waals surface area (Å²) in [5.74, 6) is -0.281. The van der Waals surface area contributed by atoms with Crippen molar-refractivity contribution in [3.8, 4) is 0 Å². The van der Waals surface area contributed by atoms with Gasteiger partial charge in [-0.15, -0.1) is 0 Å². The molecule has 0 aromatic heterocycles. The van der Waals surface area contributed by atoms with Crippen LogP contribution in [0.2, 0.25) is 0 Å². The molecule has 2 N–H and O–H groups in total. The Morgan fingerprint density at radius 2 is 1.83 bits per heavy atom. The van der Waals surface area contributed by atoms with Gasteiger partial charge in [-0.05, 0) is 57.7 Å². The minimum Gasteiger partial charge on any atom is -0.320 e. The van der Waals surface area contributed by atoms with Crippen molar-refractivity contribution in [1.82, 2.24) is 0 Å². The van der Waals surface area contributed by atoms with Crippen LogP contribution in [0.1, 0.15) is 22.7 Å². The van der Waals surface area contributed by atoms with E-state index in [0.717, 1.165) is 21.2 Å². The van der Waals surface area contributed by atoms with E-state index in [9.17, 15) is 4.39 Å². The minimum absolute atomic E-state index is 0.264. The van der Waals surface area contributed by atoms with E-state index in [1.165, 1.54) is 6.07 Å². The molecule has 0 radical (unpaired) electrons. The summed E-state index contributed by atoms with van der Waals surface area (Å²) in [6.45, 7) is 2.01. The second-order valence-electron chi connectivity index (χ2n) is 4.11. The molecule has 0 fully saturated rings. The maximum absolute atomic E-state index is 13.2. The second kappa shape index (κ2) is 5.51. The highest BCUT2D eigenvalue weighted by Gasteiger charge is 2.14. The zero-order valence-electron chi connectivity index (χ0n) is 9.75. The molecule has 1 atom stereocenters. The van der Waals surface area contributed by atoms with E-state index in [2.05, 4.69) is 31.9 Å². The zero-order valence-corrected chi connectivity index (χ0v) is 12.9. The third kappa shape index (κ3) is 2.66. The summed E-state index contributed by atoms with van der Waals surface area (Å²) in [5, 5.41) is 0. The standard InChI is InChI=1S/C14H12Br2FN/c1-8-10(3-2-4-11(8)15)14(18)9-5-6-13(17)12(16)7-9/h2-7,14H,18H2,1H3. The van der Waals surface area contributed by atoms with Crippen molar-refractivity contribution < 1.29 is 4.39 Å². The SMILES string of the molecule is Cc1c(Br)cccc1C(N)c1ccc(F)c(Br)c1. The van der Waals surface area contributed by atoms with Gasteiger partial charge >= 0.3 is 0 Å². The predicted octanol–water partition coefficient (Wildman–Crippen LogP) is 4.71. The monoisotopic (exact) mass is 371 g/mol. The molecule has 2 rings (SSSR count). The van der Waals surface area contributed by atoms with Crippen molar-refractivity contribution >= 4 is 31.9 Å². The predicted molar refractivity (Wildman–Crippen MR) is 79.0 cm³/mol. The van der Waals surface area contributed by atoms with Crippen LogP contribution in [0.5, 0.6) is 0 Å². The van der Waals surface area contributed by atoms with Gasteiger partial charge in [0.25, 0.3) is 0 Å². The van der Waals surface area contributed by atoms with Crippen LogP contribution >= 0.6 is 31.9 Å². The van der Waals surface area contributed by atoms with Gasteiger partial charge in [-0.3, -0.25) is 0 Å². The number of nitrogens with two attached hydrogens (primary N) is 1. The summed E-state index contributed by atoms with van der Waals surface area (Å²) in [6, 6.07) is 10.5. The van der Waals surface area contributed by atoms with E-state index >= 15 is 0 Å². The first kappa shape index (κ1) is 13.7. The van der Waals surface area contributed by atoms with Gasteiger partial charge in [-0.25, -0.2) is 4.39 Å². The Labute approximate surface area is 122 Å². The molecule has 4 heteroatoms. The van der Waals surface area contributed by atoms with Gasteiger partial charge in [0.2, 0.25) is 0 Å². The van der Waals surface area contributed by atoms with Crippen molar-refractivity contribution in [1.29, 1.82) is 0 Å². The number of benzene rings is 2. The Morgan fingerprint density at radius 1 is 1.11 bits per heavy atom. The van der Waals surface area contributed by atoms with E-state index in [1.807, 2.05) is 25.1 Å². The summed E-state index contributed by atoms with van der Waals surface area (Å²) >= 11 is 6.67. The molecule has 0 saturated heterocycles. The largest absolute Gasteiger partial charge is 0.320 e. The van der Waals surface area contributed by atoms with Gasteiger partial charge < -0.3 is 5.73 Å². The van der Waals surface area contributed by atoms with E-state index in [4.69, 9.17) is 5.73 Å². The van der Waals surface area contributed by atoms with Crippen molar-refractivity contribution in [2.45, 2.75) is 13.0 Å². The summed E-state index contributed by atoms with van der Waals surface area (Å²) in [5.41, 5.74) is 9.25. The maximum Gasteiger partial charge on any atom is 0.137 e. The maximum atomic E-state index is 13.2. The lowest BCUT2D eigenvalue weighted by molar-refractivity contribution is 0.619. The molecule has 0 aliphatic carbocycles. The van der Waals surface area contributed by atoms with Crippen LogP contribution in [0.3, 0.4) is 0 Å². The average Bonchev–Trinajstić information content (AvgIpc) is 2.35. The summed E-state index contributed by atoms with van der Waals surface area (Å²) < 4.78 is 14.7. The topological polar surface area (TPSA) is 26.0 Å². The second-order valence-corrected chi connectivity index (χ2v) is 5.81. The lowest BCUT2D eigenvalue weighted by Crippen LogP contribution is -2.13. The molecule has 18 heavy (non-hydrogen) atoms. The molecule has 0 heterocycles. The Hall–Kier alpha value is -0.710. The first-order valence-electron chi connectivity index (χ1n) is 5.46. The van der Waals surface area contributed by atoms with Crippen LogP contribution < -0.4 is 5.73 Å². The molecule has 94 valence electrons. The Kier molecular flexibility index (Phi) is 4.20. The Morgan fingerprint density at radius 3 is 2.50 bits per heavy atom. The molecular formula is C14H12Br2FN. The zero-order chi connectivity index (χ0) is 13.3. The number of hydrogen-bond donors (Lipinski definition) is 1. The minimum atomic E-state index is -0.281. The van der Waals surface area contributed by atoms with Crippen LogP contribution in [0, 0.1) is 12.7 Å². The fourth-order valence-corrected chi connectivity index (χ4v) is 2.62. The number of rotatable bonds is 2. The fraction of sp³-hybridized carbons (Fsp3) is 0.143. The van der Waals surface area contributed by atoms with Gasteiger partial charge in [0.15, 0.2) is 0 Å². The number of halogens is 3. The molecule has 1 nitrogen and oxygen atoms in total. The van der Waals surface area contributed by atoms with Crippen LogP contribution in [0.4, 0.5) is 4.39 Å². The normalized spacial score (nSPS) is 12.5. The van der Waals surface area contributed by atoms with Gasteiger partial charge in [0.05, 0.1) is 10.5 Å². The summed E-state index contributed by atoms with van der Waals surface area (Å²) in [4.78, 5) is 0. The third-order valence-electron chi connectivity index (χ3n) is 2.95. The lowest BCUT2D eigenvalue weighted by atomic mass is 9.96. The Balaban J connectivity index is 2.44. The van der Waals surface area contributed by atoms with Crippen LogP contribution in [-0.4, -0.2) is 0 Å². The first-order valence-corrected chi connectivity index (χ1v) is 7.05. The fourth-order valence-electron chi connectivity index (χ4n) is 1.85. The summed E-state index contributed by atoms with van der Waals surface area (Å²) in [7, 11) is 0. The molecule has 0 bridgehead atoms. The van der Waals surface area contributed by atoms with E-state index in [1.54, 1.807) is 12.1 Å². The molecule has 0 amide bonds. The molecular weight excluding hydrogens is 361 g/mol. The highest BCUT2D eigenvalue weighted by molar-refractivity contribution is 9.10. The van der Waals surface area contributed by atoms with Gasteiger partial charge in [-0.2, -0.15) is 0 Å². The molecule has 0 saturated carbocycles. The van der Waals surface area contributed by atoms with Crippen LogP contribution in [0.15, 0.2) is 45.3 Å². The third-order valence-corrected chi connectivity index (χ3v) is 4.41. The number of hydrogen-bond acceptors (Lipinski definition) is 1. The molecule has 2 aromatic rings. The van der Waals surface area contributed by atoms with Gasteiger partial charge in [0, 0.05) is 4.47 Å². The van der Waals surface area contributed by atoms with Crippen molar-refractivity contribution in [3.63, 3.8) is 0 Å². The van der Waals surface area contributed by atoms with E-state index in [-0.39, 0.29) is 11.9 Å². The molecule has 2 aromatic carbocycles. The average molecular weight is 373 g/mol. The van der Waals surface area contributed by atoms with Gasteiger partial charge in [-0.1, -0.05) is 34.1 Å². The molecule has 0 spiro atoms. The smallest absolute Gasteiger partial charge is 0.137 e. The van der Waals surface area contributed by atoms with Crippen LogP contribution in [-0.2, 0) is 0 Å². The molecule has 0 aliphatic rings. The molecule has 0 aliphatic heterocycles. The highest BCUT2D eigenvalue weighted by atomic mass is 79.9. The van der Waals surface area contributed by atoms with Crippen molar-refractivity contribution in [3.05, 3.63) is 67.9 Å². The first-order chi connectivity index (χ1) is 8.50. The Bertz CT molecular complexity index is 584. The van der Waals surface area contributed by atoms with Crippen molar-refractivity contribution in [2.75, 3.05) is 0 Å². The van der Waals surface area contributed by atoms with Crippen LogP contribution in [0.25, 0.3) is 0 Å². The van der Waals surface area contributed by atoms with E-state index in [0.29, 0.717) is 4.47 Å². The molecule has 1 unspecified atom stereocenters. The lowest BCUT2D eigenvalue weighted by Gasteiger charge is -2.16. The summed E-state index contributed by atoms with van der Waals surface area (Å²) in [6.07, 6.45) is 0. The van der Waals surface area contributed by atoms with Gasteiger partial charge in [0.1, 0.15) is 5.82 Å². The quantitative estimate of drug-likeness (QED) is 0.811. The van der Waals surface area contributed by atoms with Crippen molar-refractivity contribution in [2.24, 2.45) is 5.73 Å². The highest BCUT2D eigenvalue weighted by Crippen LogP contribution is 2.29. The van der Waals surface area contributed by atoms with E-state index < -0.39 is 0 Å².